The molecule has 1 aromatic heterocycles. The molecule has 0 bridgehead atoms. The van der Waals surface area contributed by atoms with Crippen LogP contribution in [0.3, 0.4) is 0 Å². The van der Waals surface area contributed by atoms with Crippen molar-refractivity contribution in [1.29, 1.82) is 0 Å². The van der Waals surface area contributed by atoms with Gasteiger partial charge in [0, 0.05) is 5.56 Å². The number of ether oxygens (including phenoxy) is 1. The first-order chi connectivity index (χ1) is 8.35. The molecule has 0 aliphatic carbocycles. The van der Waals surface area contributed by atoms with E-state index in [-0.39, 0.29) is 6.04 Å². The van der Waals surface area contributed by atoms with Gasteiger partial charge in [-0.25, -0.2) is 0 Å². The van der Waals surface area contributed by atoms with E-state index in [2.05, 4.69) is 22.3 Å². The van der Waals surface area contributed by atoms with E-state index in [1.807, 2.05) is 24.3 Å². The van der Waals surface area contributed by atoms with Gasteiger partial charge in [-0.3, -0.25) is 11.3 Å². The van der Waals surface area contributed by atoms with Crippen molar-refractivity contribution >= 4 is 11.3 Å². The highest BCUT2D eigenvalue weighted by Gasteiger charge is 2.14. The van der Waals surface area contributed by atoms with Crippen LogP contribution in [0, 0.1) is 0 Å². The van der Waals surface area contributed by atoms with E-state index in [0.29, 0.717) is 0 Å². The molecule has 1 heterocycles. The molecule has 0 spiro atoms. The molecular weight excluding hydrogens is 232 g/mol. The number of nitrogens with one attached hydrogen (secondary N) is 1. The van der Waals surface area contributed by atoms with Crippen molar-refractivity contribution in [3.8, 4) is 5.75 Å². The Morgan fingerprint density at radius 3 is 2.82 bits per heavy atom. The summed E-state index contributed by atoms with van der Waals surface area (Å²) >= 11 is 1.70. The van der Waals surface area contributed by atoms with Crippen molar-refractivity contribution < 1.29 is 4.74 Å². The molecule has 0 radical (unpaired) electrons. The van der Waals surface area contributed by atoms with E-state index in [1.165, 1.54) is 5.56 Å². The fourth-order valence-electron chi connectivity index (χ4n) is 1.86. The lowest BCUT2D eigenvalue weighted by Crippen LogP contribution is -2.29. The van der Waals surface area contributed by atoms with Crippen LogP contribution in [0.5, 0.6) is 5.75 Å². The van der Waals surface area contributed by atoms with Crippen molar-refractivity contribution in [1.82, 2.24) is 5.43 Å². The van der Waals surface area contributed by atoms with Crippen molar-refractivity contribution in [2.45, 2.75) is 12.5 Å². The SMILES string of the molecule is COc1ccccc1C(Cc1ccsc1)NN. The summed E-state index contributed by atoms with van der Waals surface area (Å²) in [7, 11) is 1.68. The van der Waals surface area contributed by atoms with Gasteiger partial charge in [-0.15, -0.1) is 0 Å². The highest BCUT2D eigenvalue weighted by Crippen LogP contribution is 2.27. The minimum atomic E-state index is 0.0701. The van der Waals surface area contributed by atoms with Crippen LogP contribution in [0.15, 0.2) is 41.1 Å². The first kappa shape index (κ1) is 12.1. The van der Waals surface area contributed by atoms with Crippen molar-refractivity contribution in [2.24, 2.45) is 5.84 Å². The first-order valence-electron chi connectivity index (χ1n) is 5.45. The average Bonchev–Trinajstić information content (AvgIpc) is 2.89. The van der Waals surface area contributed by atoms with Crippen LogP contribution in [0.4, 0.5) is 0 Å². The quantitative estimate of drug-likeness (QED) is 0.631. The number of nitrogens with two attached hydrogens (primary N) is 1. The number of benzene rings is 1. The Hall–Kier alpha value is -1.36. The Labute approximate surface area is 105 Å². The van der Waals surface area contributed by atoms with Crippen LogP contribution in [0.1, 0.15) is 17.2 Å². The number of methoxy groups -OCH3 is 1. The summed E-state index contributed by atoms with van der Waals surface area (Å²) in [5, 5.41) is 4.21. The average molecular weight is 248 g/mol. The van der Waals surface area contributed by atoms with Gasteiger partial charge in [0.05, 0.1) is 13.2 Å². The number of hydrogen-bond donors (Lipinski definition) is 2. The summed E-state index contributed by atoms with van der Waals surface area (Å²) in [5.74, 6) is 6.51. The normalized spacial score (nSPS) is 12.4. The third-order valence-electron chi connectivity index (χ3n) is 2.74. The highest BCUT2D eigenvalue weighted by atomic mass is 32.1. The number of rotatable bonds is 5. The first-order valence-corrected chi connectivity index (χ1v) is 6.39. The molecule has 3 nitrogen and oxygen atoms in total. The monoisotopic (exact) mass is 248 g/mol. The van der Waals surface area contributed by atoms with Gasteiger partial charge in [0.1, 0.15) is 5.75 Å². The Bertz CT molecular complexity index is 456. The maximum absolute atomic E-state index is 5.64. The molecule has 90 valence electrons. The fraction of sp³-hybridized carbons (Fsp3) is 0.231. The summed E-state index contributed by atoms with van der Waals surface area (Å²) in [6.07, 6.45) is 0.861. The van der Waals surface area contributed by atoms with Gasteiger partial charge in [0.25, 0.3) is 0 Å². The second kappa shape index (κ2) is 5.82. The largest absolute Gasteiger partial charge is 0.496 e. The maximum atomic E-state index is 5.64. The predicted molar refractivity (Wildman–Crippen MR) is 71.1 cm³/mol. The molecule has 17 heavy (non-hydrogen) atoms. The fourth-order valence-corrected chi connectivity index (χ4v) is 2.54. The summed E-state index contributed by atoms with van der Waals surface area (Å²) in [4.78, 5) is 0. The van der Waals surface area contributed by atoms with Crippen molar-refractivity contribution in [3.63, 3.8) is 0 Å². The molecule has 3 N–H and O–H groups in total. The molecule has 1 aromatic carbocycles. The van der Waals surface area contributed by atoms with Crippen LogP contribution in [-0.2, 0) is 6.42 Å². The van der Waals surface area contributed by atoms with Crippen LogP contribution in [0.25, 0.3) is 0 Å². The molecule has 0 aliphatic heterocycles. The minimum absolute atomic E-state index is 0.0701. The van der Waals surface area contributed by atoms with Crippen LogP contribution in [0.2, 0.25) is 0 Å². The second-order valence-electron chi connectivity index (χ2n) is 3.80. The van der Waals surface area contributed by atoms with Crippen LogP contribution in [-0.4, -0.2) is 7.11 Å². The van der Waals surface area contributed by atoms with Crippen molar-refractivity contribution in [2.75, 3.05) is 7.11 Å². The highest BCUT2D eigenvalue weighted by molar-refractivity contribution is 7.07. The molecule has 2 rings (SSSR count). The minimum Gasteiger partial charge on any atom is -0.496 e. The molecule has 4 heteroatoms. The Morgan fingerprint density at radius 2 is 2.18 bits per heavy atom. The number of hydrazine groups is 1. The van der Waals surface area contributed by atoms with Gasteiger partial charge in [-0.1, -0.05) is 18.2 Å². The lowest BCUT2D eigenvalue weighted by molar-refractivity contribution is 0.399. The van der Waals surface area contributed by atoms with Gasteiger partial charge < -0.3 is 4.74 Å². The zero-order valence-electron chi connectivity index (χ0n) is 9.72. The molecule has 0 aliphatic rings. The standard InChI is InChI=1S/C13H16N2OS/c1-16-13-5-3-2-4-11(13)12(15-14)8-10-6-7-17-9-10/h2-7,9,12,15H,8,14H2,1H3. The number of para-hydroxylation sites is 1. The summed E-state index contributed by atoms with van der Waals surface area (Å²) < 4.78 is 5.35. The molecule has 1 atom stereocenters. The summed E-state index contributed by atoms with van der Waals surface area (Å²) in [6.45, 7) is 0. The van der Waals surface area contributed by atoms with E-state index in [4.69, 9.17) is 10.6 Å². The smallest absolute Gasteiger partial charge is 0.123 e. The Morgan fingerprint density at radius 1 is 1.35 bits per heavy atom. The topological polar surface area (TPSA) is 47.3 Å². The Kier molecular flexibility index (Phi) is 4.14. The zero-order valence-corrected chi connectivity index (χ0v) is 10.5. The summed E-state index contributed by atoms with van der Waals surface area (Å²) in [6, 6.07) is 10.1. The third kappa shape index (κ3) is 2.85. The number of thiophene rings is 1. The van der Waals surface area contributed by atoms with Gasteiger partial charge >= 0.3 is 0 Å². The van der Waals surface area contributed by atoms with E-state index in [9.17, 15) is 0 Å². The van der Waals surface area contributed by atoms with E-state index >= 15 is 0 Å². The molecule has 2 aromatic rings. The third-order valence-corrected chi connectivity index (χ3v) is 3.47. The Balaban J connectivity index is 2.22. The van der Waals surface area contributed by atoms with Crippen LogP contribution < -0.4 is 16.0 Å². The molecular formula is C13H16N2OS. The van der Waals surface area contributed by atoms with Gasteiger partial charge in [-0.2, -0.15) is 11.3 Å². The zero-order chi connectivity index (χ0) is 12.1. The van der Waals surface area contributed by atoms with E-state index in [1.54, 1.807) is 18.4 Å². The van der Waals surface area contributed by atoms with E-state index < -0.39 is 0 Å². The molecule has 0 saturated heterocycles. The second-order valence-corrected chi connectivity index (χ2v) is 4.58. The van der Waals surface area contributed by atoms with Gasteiger partial charge in [0.15, 0.2) is 0 Å². The van der Waals surface area contributed by atoms with Gasteiger partial charge in [0.2, 0.25) is 0 Å². The van der Waals surface area contributed by atoms with Gasteiger partial charge in [-0.05, 0) is 34.9 Å². The maximum Gasteiger partial charge on any atom is 0.123 e. The number of hydrogen-bond acceptors (Lipinski definition) is 4. The summed E-state index contributed by atoms with van der Waals surface area (Å²) in [5.41, 5.74) is 5.22. The molecule has 0 saturated carbocycles. The molecule has 0 fully saturated rings. The lowest BCUT2D eigenvalue weighted by atomic mass is 10.0. The molecule has 1 unspecified atom stereocenters. The predicted octanol–water partition coefficient (Wildman–Crippen LogP) is 2.50. The lowest BCUT2D eigenvalue weighted by Gasteiger charge is -2.18. The van der Waals surface area contributed by atoms with Crippen LogP contribution >= 0.6 is 11.3 Å². The van der Waals surface area contributed by atoms with E-state index in [0.717, 1.165) is 17.7 Å². The molecule has 0 amide bonds. The van der Waals surface area contributed by atoms with Crippen molar-refractivity contribution in [3.05, 3.63) is 52.2 Å².